The number of piperazine rings is 1. The molecule has 216 valence electrons. The largest absolute Gasteiger partial charge is 0.494 e. The normalized spacial score (nSPS) is 18.1. The molecule has 0 N–H and O–H groups in total. The van der Waals surface area contributed by atoms with E-state index in [1.807, 2.05) is 30.3 Å². The number of carbonyl (C=O) groups is 1. The number of ether oxygens (including phenoxy) is 3. The molecule has 2 aliphatic heterocycles. The van der Waals surface area contributed by atoms with Crippen molar-refractivity contribution in [3.05, 3.63) is 52.0 Å². The van der Waals surface area contributed by atoms with Crippen LogP contribution in [0.3, 0.4) is 0 Å². The molecule has 0 radical (unpaired) electrons. The number of aryl methyl sites for hydroxylation is 1. The molecule has 0 amide bonds. The topological polar surface area (TPSA) is 63.6 Å². The summed E-state index contributed by atoms with van der Waals surface area (Å²) in [6.45, 7) is 5.57. The number of benzene rings is 2. The number of fused-ring (bicyclic) bond motifs is 1. The van der Waals surface area contributed by atoms with Gasteiger partial charge in [-0.05, 0) is 62.4 Å². The van der Waals surface area contributed by atoms with Gasteiger partial charge in [0.2, 0.25) is 6.79 Å². The Balaban J connectivity index is 0.995. The van der Waals surface area contributed by atoms with Crippen LogP contribution in [-0.4, -0.2) is 62.9 Å². The van der Waals surface area contributed by atoms with Crippen LogP contribution in [0.15, 0.2) is 41.4 Å². The molecule has 1 saturated heterocycles. The number of anilines is 1. The number of carbonyl (C=O) groups excluding carboxylic acids is 1. The number of halogens is 2. The van der Waals surface area contributed by atoms with Gasteiger partial charge in [0.1, 0.15) is 5.75 Å². The van der Waals surface area contributed by atoms with E-state index in [2.05, 4.69) is 20.9 Å². The fraction of sp³-hybridized carbons (Fsp3) is 0.548. The van der Waals surface area contributed by atoms with Gasteiger partial charge in [-0.15, -0.1) is 0 Å². The van der Waals surface area contributed by atoms with Gasteiger partial charge in [0.25, 0.3) is 0 Å². The number of unbranched alkanes of at least 4 members (excludes halogenated alkanes) is 1. The number of nitrogens with zero attached hydrogens (tertiary/aromatic N) is 3. The van der Waals surface area contributed by atoms with E-state index in [-0.39, 0.29) is 18.7 Å². The predicted molar refractivity (Wildman–Crippen MR) is 160 cm³/mol. The minimum atomic E-state index is -0.142. The molecule has 0 aromatic heterocycles. The van der Waals surface area contributed by atoms with Crippen molar-refractivity contribution in [1.29, 1.82) is 0 Å². The number of rotatable bonds is 10. The number of hydrogen-bond donors (Lipinski definition) is 0. The minimum Gasteiger partial charge on any atom is -0.494 e. The Morgan fingerprint density at radius 1 is 0.950 bits per heavy atom. The van der Waals surface area contributed by atoms with E-state index in [1.54, 1.807) is 0 Å². The molecule has 7 nitrogen and oxygen atoms in total. The van der Waals surface area contributed by atoms with Crippen LogP contribution in [0.1, 0.15) is 56.9 Å². The summed E-state index contributed by atoms with van der Waals surface area (Å²) in [6.07, 6.45) is 8.89. The molecule has 2 aromatic rings. The standard InChI is InChI=1S/C31H39Cl2N3O4/c32-26-9-6-10-28(30(26)33)36-18-16-35(17-19-36)15-4-5-20-38-25-13-11-23-12-14-29(34-27(23)21-25)39-22-40-31(37)24-7-2-1-3-8-24/h6,9-11,13,21,24H,1-5,7-8,12,14-20,22H2. The third-order valence-electron chi connectivity index (χ3n) is 8.06. The molecular weight excluding hydrogens is 549 g/mol. The second kappa shape index (κ2) is 14.4. The van der Waals surface area contributed by atoms with Crippen molar-refractivity contribution in [3.8, 4) is 5.75 Å². The number of esters is 1. The molecule has 1 aliphatic carbocycles. The Morgan fingerprint density at radius 2 is 1.77 bits per heavy atom. The SMILES string of the molecule is O=C(OCOC1=Nc2cc(OCCCCN3CCN(c4cccc(Cl)c4Cl)CC3)ccc2CC1)C1CCCCC1. The van der Waals surface area contributed by atoms with Crippen LogP contribution in [0.2, 0.25) is 10.0 Å². The Morgan fingerprint density at radius 3 is 2.60 bits per heavy atom. The molecule has 2 heterocycles. The first-order valence-electron chi connectivity index (χ1n) is 14.6. The average Bonchev–Trinajstić information content (AvgIpc) is 2.99. The lowest BCUT2D eigenvalue weighted by atomic mass is 9.89. The van der Waals surface area contributed by atoms with E-state index in [9.17, 15) is 4.79 Å². The van der Waals surface area contributed by atoms with Crippen LogP contribution in [0, 0.1) is 5.92 Å². The Kier molecular flexibility index (Phi) is 10.5. The lowest BCUT2D eigenvalue weighted by Gasteiger charge is -2.36. The minimum absolute atomic E-state index is 0.0237. The molecular formula is C31H39Cl2N3O4. The van der Waals surface area contributed by atoms with Crippen molar-refractivity contribution in [2.24, 2.45) is 10.9 Å². The molecule has 2 aromatic carbocycles. The highest BCUT2D eigenvalue weighted by atomic mass is 35.5. The van der Waals surface area contributed by atoms with E-state index >= 15 is 0 Å². The Labute approximate surface area is 247 Å². The highest BCUT2D eigenvalue weighted by Crippen LogP contribution is 2.33. The predicted octanol–water partition coefficient (Wildman–Crippen LogP) is 7.05. The smallest absolute Gasteiger partial charge is 0.311 e. The van der Waals surface area contributed by atoms with E-state index in [1.165, 1.54) is 12.0 Å². The van der Waals surface area contributed by atoms with Crippen LogP contribution in [0.25, 0.3) is 0 Å². The van der Waals surface area contributed by atoms with Gasteiger partial charge in [0.15, 0.2) is 5.90 Å². The molecule has 2 fully saturated rings. The van der Waals surface area contributed by atoms with Crippen molar-refractivity contribution in [2.45, 2.75) is 57.8 Å². The second-order valence-corrected chi connectivity index (χ2v) is 11.6. The maximum Gasteiger partial charge on any atom is 0.311 e. The average molecular weight is 589 g/mol. The van der Waals surface area contributed by atoms with Gasteiger partial charge in [0, 0.05) is 38.7 Å². The van der Waals surface area contributed by atoms with E-state index in [0.717, 1.165) is 94.8 Å². The van der Waals surface area contributed by atoms with Crippen molar-refractivity contribution < 1.29 is 19.0 Å². The maximum absolute atomic E-state index is 12.2. The molecule has 1 saturated carbocycles. The molecule has 0 bridgehead atoms. The summed E-state index contributed by atoms with van der Waals surface area (Å²) in [7, 11) is 0. The first kappa shape index (κ1) is 29.0. The quantitative estimate of drug-likeness (QED) is 0.168. The van der Waals surface area contributed by atoms with Gasteiger partial charge < -0.3 is 19.1 Å². The first-order valence-corrected chi connectivity index (χ1v) is 15.4. The summed E-state index contributed by atoms with van der Waals surface area (Å²) in [5.74, 6) is 1.31. The first-order chi connectivity index (χ1) is 19.6. The molecule has 5 rings (SSSR count). The summed E-state index contributed by atoms with van der Waals surface area (Å²) < 4.78 is 17.1. The third kappa shape index (κ3) is 7.83. The van der Waals surface area contributed by atoms with E-state index in [4.69, 9.17) is 37.4 Å². The van der Waals surface area contributed by atoms with Crippen molar-refractivity contribution in [1.82, 2.24) is 4.90 Å². The molecule has 3 aliphatic rings. The fourth-order valence-corrected chi connectivity index (χ4v) is 6.09. The molecule has 0 unspecified atom stereocenters. The molecule has 0 atom stereocenters. The summed E-state index contributed by atoms with van der Waals surface area (Å²) >= 11 is 12.6. The fourth-order valence-electron chi connectivity index (χ4n) is 5.67. The third-order valence-corrected chi connectivity index (χ3v) is 8.87. The summed E-state index contributed by atoms with van der Waals surface area (Å²) in [5.41, 5.74) is 3.07. The van der Waals surface area contributed by atoms with Gasteiger partial charge in [-0.2, -0.15) is 0 Å². The van der Waals surface area contributed by atoms with Crippen LogP contribution in [0.4, 0.5) is 11.4 Å². The Bertz CT molecular complexity index is 1180. The lowest BCUT2D eigenvalue weighted by molar-refractivity contribution is -0.157. The monoisotopic (exact) mass is 587 g/mol. The van der Waals surface area contributed by atoms with E-state index < -0.39 is 0 Å². The zero-order valence-corrected chi connectivity index (χ0v) is 24.6. The van der Waals surface area contributed by atoms with Crippen molar-refractivity contribution in [3.63, 3.8) is 0 Å². The van der Waals surface area contributed by atoms with Crippen molar-refractivity contribution in [2.75, 3.05) is 51.0 Å². The van der Waals surface area contributed by atoms with Gasteiger partial charge in [-0.25, -0.2) is 4.99 Å². The van der Waals surface area contributed by atoms with Gasteiger partial charge in [-0.1, -0.05) is 54.6 Å². The highest BCUT2D eigenvalue weighted by molar-refractivity contribution is 6.43. The van der Waals surface area contributed by atoms with Gasteiger partial charge in [-0.3, -0.25) is 9.69 Å². The molecule has 0 spiro atoms. The zero-order chi connectivity index (χ0) is 27.7. The van der Waals surface area contributed by atoms with E-state index in [0.29, 0.717) is 29.0 Å². The summed E-state index contributed by atoms with van der Waals surface area (Å²) in [4.78, 5) is 21.7. The molecule has 9 heteroatoms. The Hall–Kier alpha value is -2.48. The second-order valence-electron chi connectivity index (χ2n) is 10.8. The van der Waals surface area contributed by atoms with Crippen molar-refractivity contribution >= 4 is 46.4 Å². The highest BCUT2D eigenvalue weighted by Gasteiger charge is 2.23. The lowest BCUT2D eigenvalue weighted by Crippen LogP contribution is -2.46. The van der Waals surface area contributed by atoms with Gasteiger partial charge in [0.05, 0.1) is 33.9 Å². The van der Waals surface area contributed by atoms with Crippen LogP contribution >= 0.6 is 23.2 Å². The summed E-state index contributed by atoms with van der Waals surface area (Å²) in [5, 5.41) is 1.25. The number of aliphatic imine (C=N–C) groups is 1. The van der Waals surface area contributed by atoms with Crippen LogP contribution < -0.4 is 9.64 Å². The van der Waals surface area contributed by atoms with Gasteiger partial charge >= 0.3 is 5.97 Å². The molecule has 40 heavy (non-hydrogen) atoms. The summed E-state index contributed by atoms with van der Waals surface area (Å²) in [6, 6.07) is 11.9. The zero-order valence-electron chi connectivity index (χ0n) is 23.1. The number of hydrogen-bond acceptors (Lipinski definition) is 7. The maximum atomic E-state index is 12.2. The van der Waals surface area contributed by atoms with Crippen LogP contribution in [0.5, 0.6) is 5.75 Å². The van der Waals surface area contributed by atoms with Crippen LogP contribution in [-0.2, 0) is 20.7 Å².